The molecule has 0 radical (unpaired) electrons. The van der Waals surface area contributed by atoms with Crippen LogP contribution >= 0.6 is 0 Å². The van der Waals surface area contributed by atoms with E-state index in [4.69, 9.17) is 9.47 Å². The average Bonchev–Trinajstić information content (AvgIpc) is 3.04. The molecule has 6 nitrogen and oxygen atoms in total. The number of H-pyrrole nitrogens is 1. The summed E-state index contributed by atoms with van der Waals surface area (Å²) in [7, 11) is 0. The van der Waals surface area contributed by atoms with Crippen molar-refractivity contribution >= 4 is 11.9 Å². The normalized spacial score (nSPS) is 18.5. The van der Waals surface area contributed by atoms with Gasteiger partial charge in [-0.25, -0.2) is 4.79 Å². The number of Topliss-reactive ketones (excluding diaryl/α,β-unsaturated/α-hetero) is 1. The third kappa shape index (κ3) is 6.00. The van der Waals surface area contributed by atoms with Crippen molar-refractivity contribution in [2.75, 3.05) is 26.3 Å². The molecular weight excluding hydrogens is 308 g/mol. The number of piperidine rings is 1. The van der Waals surface area contributed by atoms with Crippen LogP contribution in [-0.4, -0.2) is 53.7 Å². The summed E-state index contributed by atoms with van der Waals surface area (Å²) in [4.78, 5) is 28.6. The lowest BCUT2D eigenvalue weighted by Crippen LogP contribution is -2.43. The number of hydrogen-bond donors (Lipinski definition) is 1. The maximum atomic E-state index is 12.1. The van der Waals surface area contributed by atoms with Crippen LogP contribution in [0.4, 0.5) is 4.79 Å². The molecule has 1 atom stereocenters. The number of rotatable bonds is 6. The van der Waals surface area contributed by atoms with Gasteiger partial charge in [-0.15, -0.1) is 0 Å². The van der Waals surface area contributed by atoms with Gasteiger partial charge < -0.3 is 19.4 Å². The second-order valence-electron chi connectivity index (χ2n) is 7.28. The van der Waals surface area contributed by atoms with Gasteiger partial charge in [-0.2, -0.15) is 0 Å². The van der Waals surface area contributed by atoms with Gasteiger partial charge in [0.1, 0.15) is 12.2 Å². The summed E-state index contributed by atoms with van der Waals surface area (Å²) in [6.07, 6.45) is 4.38. The van der Waals surface area contributed by atoms with Gasteiger partial charge in [0.15, 0.2) is 0 Å². The van der Waals surface area contributed by atoms with Gasteiger partial charge in [-0.1, -0.05) is 0 Å². The number of hydrogen-bond acceptors (Lipinski definition) is 4. The predicted octanol–water partition coefficient (Wildman–Crippen LogP) is 3.25. The van der Waals surface area contributed by atoms with Gasteiger partial charge in [0.2, 0.25) is 5.78 Å². The molecule has 0 saturated carbocycles. The Hall–Kier alpha value is -1.82. The van der Waals surface area contributed by atoms with Crippen LogP contribution in [-0.2, 0) is 9.47 Å². The molecule has 0 aromatic carbocycles. The zero-order chi connectivity index (χ0) is 17.6. The van der Waals surface area contributed by atoms with Crippen LogP contribution in [0.5, 0.6) is 0 Å². The molecule has 2 heterocycles. The van der Waals surface area contributed by atoms with E-state index >= 15 is 0 Å². The van der Waals surface area contributed by atoms with Crippen molar-refractivity contribution in [3.63, 3.8) is 0 Å². The topological polar surface area (TPSA) is 71.6 Å². The van der Waals surface area contributed by atoms with E-state index in [1.807, 2.05) is 20.8 Å². The van der Waals surface area contributed by atoms with Gasteiger partial charge in [-0.3, -0.25) is 4.79 Å². The lowest BCUT2D eigenvalue weighted by atomic mass is 9.95. The largest absolute Gasteiger partial charge is 0.444 e. The molecule has 1 amide bonds. The highest BCUT2D eigenvalue weighted by Crippen LogP contribution is 2.21. The molecule has 2 rings (SSSR count). The second-order valence-corrected chi connectivity index (χ2v) is 7.28. The summed E-state index contributed by atoms with van der Waals surface area (Å²) >= 11 is 0. The molecule has 0 bridgehead atoms. The molecule has 1 aromatic heterocycles. The van der Waals surface area contributed by atoms with Crippen LogP contribution < -0.4 is 0 Å². The zero-order valence-corrected chi connectivity index (χ0v) is 14.8. The van der Waals surface area contributed by atoms with Crippen LogP contribution in [0.1, 0.15) is 50.5 Å². The zero-order valence-electron chi connectivity index (χ0n) is 14.8. The third-order valence-corrected chi connectivity index (χ3v) is 3.97. The average molecular weight is 336 g/mol. The SMILES string of the molecule is CC(C)(C)OC(=O)N1CCC[C@@H](CCOCC(=O)c2ccc[nH]2)C1. The molecule has 24 heavy (non-hydrogen) atoms. The highest BCUT2D eigenvalue weighted by atomic mass is 16.6. The molecule has 1 aromatic rings. The Morgan fingerprint density at radius 2 is 2.17 bits per heavy atom. The number of ether oxygens (including phenoxy) is 2. The minimum atomic E-state index is -0.467. The molecule has 1 aliphatic rings. The van der Waals surface area contributed by atoms with Crippen molar-refractivity contribution in [3.05, 3.63) is 24.0 Å². The quantitative estimate of drug-likeness (QED) is 0.639. The maximum absolute atomic E-state index is 12.1. The number of aromatic nitrogens is 1. The first-order chi connectivity index (χ1) is 11.3. The molecule has 1 fully saturated rings. The van der Waals surface area contributed by atoms with Crippen LogP contribution in [0.15, 0.2) is 18.3 Å². The van der Waals surface area contributed by atoms with Gasteiger partial charge in [-0.05, 0) is 58.1 Å². The molecule has 0 spiro atoms. The maximum Gasteiger partial charge on any atom is 0.410 e. The van der Waals surface area contributed by atoms with E-state index in [1.165, 1.54) is 0 Å². The molecule has 6 heteroatoms. The Labute approximate surface area is 143 Å². The lowest BCUT2D eigenvalue weighted by Gasteiger charge is -2.34. The number of carbonyl (C=O) groups excluding carboxylic acids is 2. The Morgan fingerprint density at radius 3 is 2.83 bits per heavy atom. The van der Waals surface area contributed by atoms with Crippen LogP contribution in [0, 0.1) is 5.92 Å². The number of amides is 1. The fraction of sp³-hybridized carbons (Fsp3) is 0.667. The highest BCUT2D eigenvalue weighted by molar-refractivity contribution is 5.95. The Balaban J connectivity index is 1.67. The molecule has 1 N–H and O–H groups in total. The van der Waals surface area contributed by atoms with E-state index in [0.29, 0.717) is 24.8 Å². The summed E-state index contributed by atoms with van der Waals surface area (Å²) in [5.41, 5.74) is 0.106. The summed E-state index contributed by atoms with van der Waals surface area (Å²) in [5, 5.41) is 0. The summed E-state index contributed by atoms with van der Waals surface area (Å²) in [5.74, 6) is 0.353. The molecule has 1 aliphatic heterocycles. The fourth-order valence-corrected chi connectivity index (χ4v) is 2.79. The number of aromatic amines is 1. The van der Waals surface area contributed by atoms with Gasteiger partial charge in [0.05, 0.1) is 5.69 Å². The molecule has 0 aliphatic carbocycles. The highest BCUT2D eigenvalue weighted by Gasteiger charge is 2.27. The minimum Gasteiger partial charge on any atom is -0.444 e. The number of likely N-dealkylation sites (tertiary alicyclic amines) is 1. The monoisotopic (exact) mass is 336 g/mol. The summed E-state index contributed by atoms with van der Waals surface area (Å²) in [6.45, 7) is 7.69. The van der Waals surface area contributed by atoms with Gasteiger partial charge >= 0.3 is 6.09 Å². The van der Waals surface area contributed by atoms with E-state index in [9.17, 15) is 9.59 Å². The summed E-state index contributed by atoms with van der Waals surface area (Å²) < 4.78 is 10.9. The van der Waals surface area contributed by atoms with Crippen LogP contribution in [0.3, 0.4) is 0 Å². The lowest BCUT2D eigenvalue weighted by molar-refractivity contribution is 0.0141. The van der Waals surface area contributed by atoms with Crippen molar-refractivity contribution in [1.82, 2.24) is 9.88 Å². The van der Waals surface area contributed by atoms with Crippen LogP contribution in [0.25, 0.3) is 0 Å². The van der Waals surface area contributed by atoms with Gasteiger partial charge in [0.25, 0.3) is 0 Å². The van der Waals surface area contributed by atoms with E-state index in [-0.39, 0.29) is 18.5 Å². The summed E-state index contributed by atoms with van der Waals surface area (Å²) in [6, 6.07) is 3.53. The minimum absolute atomic E-state index is 0.0426. The first kappa shape index (κ1) is 18.5. The predicted molar refractivity (Wildman–Crippen MR) is 91.1 cm³/mol. The van der Waals surface area contributed by atoms with Crippen molar-refractivity contribution in [1.29, 1.82) is 0 Å². The first-order valence-electron chi connectivity index (χ1n) is 8.57. The van der Waals surface area contributed by atoms with E-state index in [2.05, 4.69) is 4.98 Å². The third-order valence-electron chi connectivity index (χ3n) is 3.97. The van der Waals surface area contributed by atoms with Crippen LogP contribution in [0.2, 0.25) is 0 Å². The molecule has 1 saturated heterocycles. The van der Waals surface area contributed by atoms with Crippen molar-refractivity contribution in [2.45, 2.75) is 45.6 Å². The Bertz CT molecular complexity index is 534. The van der Waals surface area contributed by atoms with Gasteiger partial charge in [0, 0.05) is 25.9 Å². The standard InChI is InChI=1S/C18H28N2O4/c1-18(2,3)24-17(22)20-10-5-6-14(12-20)8-11-23-13-16(21)15-7-4-9-19-15/h4,7,9,14,19H,5-6,8,10-13H2,1-3H3/t14-/m0/s1. The number of carbonyl (C=O) groups is 2. The van der Waals surface area contributed by atoms with E-state index < -0.39 is 5.60 Å². The second kappa shape index (κ2) is 8.33. The number of nitrogens with zero attached hydrogens (tertiary/aromatic N) is 1. The Morgan fingerprint density at radius 1 is 1.38 bits per heavy atom. The number of ketones is 1. The van der Waals surface area contributed by atoms with Crippen molar-refractivity contribution in [3.8, 4) is 0 Å². The Kier molecular flexibility index (Phi) is 6.43. The molecule has 0 unspecified atom stereocenters. The molecular formula is C18H28N2O4. The van der Waals surface area contributed by atoms with Crippen molar-refractivity contribution < 1.29 is 19.1 Å². The van der Waals surface area contributed by atoms with Crippen molar-refractivity contribution in [2.24, 2.45) is 5.92 Å². The number of nitrogens with one attached hydrogen (secondary N) is 1. The smallest absolute Gasteiger partial charge is 0.410 e. The fourth-order valence-electron chi connectivity index (χ4n) is 2.79. The molecule has 134 valence electrons. The first-order valence-corrected chi connectivity index (χ1v) is 8.57. The van der Waals surface area contributed by atoms with E-state index in [1.54, 1.807) is 23.2 Å². The van der Waals surface area contributed by atoms with E-state index in [0.717, 1.165) is 25.8 Å².